The van der Waals surface area contributed by atoms with Crippen molar-refractivity contribution in [2.24, 2.45) is 0 Å². The van der Waals surface area contributed by atoms with E-state index in [0.29, 0.717) is 0 Å². The third-order valence-corrected chi connectivity index (χ3v) is 6.48. The van der Waals surface area contributed by atoms with Crippen LogP contribution in [0.25, 0.3) is 0 Å². The lowest BCUT2D eigenvalue weighted by atomic mass is 10.1. The number of unbranched alkanes of at least 4 members (excludes halogenated alkanes) is 10. The van der Waals surface area contributed by atoms with Crippen molar-refractivity contribution in [3.8, 4) is 0 Å². The predicted molar refractivity (Wildman–Crippen MR) is 97.8 cm³/mol. The van der Waals surface area contributed by atoms with E-state index in [2.05, 4.69) is 22.6 Å². The van der Waals surface area contributed by atoms with E-state index in [4.69, 9.17) is 33.2 Å². The molecule has 0 bridgehead atoms. The summed E-state index contributed by atoms with van der Waals surface area (Å²) in [4.78, 5) is 0. The van der Waals surface area contributed by atoms with Gasteiger partial charge in [-0.2, -0.15) is 0 Å². The second-order valence-electron chi connectivity index (χ2n) is 4.94. The Bertz CT molecular complexity index is 174. The molecule has 0 aromatic rings. The smallest absolute Gasteiger partial charge is 0.126 e. The molecular weight excluding hydrogens is 417 g/mol. The Balaban J connectivity index is 2.99. The molecule has 0 spiro atoms. The minimum atomic E-state index is -2.34. The molecule has 0 aromatic carbocycles. The van der Waals surface area contributed by atoms with Crippen LogP contribution in [0.5, 0.6) is 0 Å². The van der Waals surface area contributed by atoms with Gasteiger partial charge in [0.1, 0.15) is 0 Å². The highest BCUT2D eigenvalue weighted by Gasteiger charge is 2.23. The Morgan fingerprint density at radius 1 is 0.556 bits per heavy atom. The first-order chi connectivity index (χ1) is 8.56. The van der Waals surface area contributed by atoms with Crippen LogP contribution in [-0.4, -0.2) is 10.4 Å². The molecule has 110 valence electrons. The maximum atomic E-state index is 5.84. The molecule has 18 heavy (non-hydrogen) atoms. The normalized spacial score (nSPS) is 12.0. The number of hydrogen-bond donors (Lipinski definition) is 0. The summed E-state index contributed by atoms with van der Waals surface area (Å²) in [6, 6.07) is -1.51. The highest BCUT2D eigenvalue weighted by Crippen LogP contribution is 2.27. The van der Waals surface area contributed by atoms with Crippen LogP contribution in [0.2, 0.25) is 6.04 Å². The van der Waals surface area contributed by atoms with Gasteiger partial charge in [-0.3, -0.25) is 0 Å². The summed E-state index contributed by atoms with van der Waals surface area (Å²) in [6.45, 7) is 0. The molecule has 5 heteroatoms. The molecule has 0 N–H and O–H groups in total. The fourth-order valence-corrected chi connectivity index (χ4v) is 4.40. The van der Waals surface area contributed by atoms with E-state index >= 15 is 0 Å². The number of rotatable bonds is 13. The van der Waals surface area contributed by atoms with E-state index < -0.39 is 6.00 Å². The molecule has 0 fully saturated rings. The van der Waals surface area contributed by atoms with Gasteiger partial charge in [0, 0.05) is 0 Å². The fourth-order valence-electron chi connectivity index (χ4n) is 2.01. The van der Waals surface area contributed by atoms with Crippen molar-refractivity contribution in [2.75, 3.05) is 4.43 Å². The van der Waals surface area contributed by atoms with Gasteiger partial charge in [0.15, 0.2) is 0 Å². The van der Waals surface area contributed by atoms with Gasteiger partial charge in [-0.15, -0.1) is 33.2 Å². The molecule has 0 aliphatic heterocycles. The van der Waals surface area contributed by atoms with Crippen molar-refractivity contribution in [1.82, 2.24) is 0 Å². The van der Waals surface area contributed by atoms with Crippen LogP contribution in [-0.2, 0) is 0 Å². The van der Waals surface area contributed by atoms with Crippen LogP contribution in [0.1, 0.15) is 70.6 Å². The lowest BCUT2D eigenvalue weighted by Crippen LogP contribution is -2.07. The molecule has 0 rings (SSSR count). The molecule has 0 saturated carbocycles. The number of alkyl halides is 1. The second kappa shape index (κ2) is 13.8. The average Bonchev–Trinajstić information content (AvgIpc) is 2.29. The first-order valence-electron chi connectivity index (χ1n) is 7.19. The first-order valence-corrected chi connectivity index (χ1v) is 14.0. The van der Waals surface area contributed by atoms with Gasteiger partial charge in [-0.05, 0) is 16.9 Å². The van der Waals surface area contributed by atoms with E-state index in [1.54, 1.807) is 0 Å². The largest absolute Gasteiger partial charge is 0.341 e. The Kier molecular flexibility index (Phi) is 15.2. The molecule has 0 saturated heterocycles. The van der Waals surface area contributed by atoms with Gasteiger partial charge in [0.05, 0.1) is 0 Å². The maximum Gasteiger partial charge on any atom is 0.341 e. The van der Waals surface area contributed by atoms with Crippen LogP contribution >= 0.6 is 55.8 Å². The minimum Gasteiger partial charge on any atom is -0.126 e. The predicted octanol–water partition coefficient (Wildman–Crippen LogP) is 7.37. The van der Waals surface area contributed by atoms with E-state index in [0.717, 1.165) is 12.5 Å². The van der Waals surface area contributed by atoms with Crippen molar-refractivity contribution in [2.45, 2.75) is 76.7 Å². The average molecular weight is 444 g/mol. The van der Waals surface area contributed by atoms with Crippen molar-refractivity contribution in [3.63, 3.8) is 0 Å². The van der Waals surface area contributed by atoms with Gasteiger partial charge in [-0.1, -0.05) is 86.8 Å². The summed E-state index contributed by atoms with van der Waals surface area (Å²) < 4.78 is 1.31. The van der Waals surface area contributed by atoms with Crippen molar-refractivity contribution in [1.29, 1.82) is 0 Å². The van der Waals surface area contributed by atoms with Crippen LogP contribution in [0, 0.1) is 0 Å². The van der Waals surface area contributed by atoms with Crippen molar-refractivity contribution >= 4 is 61.8 Å². The standard InChI is InChI=1S/C13H26Cl3ISi/c14-18(15,16)13-11-9-7-5-3-1-2-4-6-8-10-12-17/h1-13H2. The quantitative estimate of drug-likeness (QED) is 0.0916. The highest BCUT2D eigenvalue weighted by atomic mass is 127. The Hall–Kier alpha value is 1.82. The summed E-state index contributed by atoms with van der Waals surface area (Å²) in [5.74, 6) is 0. The lowest BCUT2D eigenvalue weighted by molar-refractivity contribution is 0.555. The molecule has 0 aromatic heterocycles. The molecule has 0 amide bonds. The first kappa shape index (κ1) is 19.8. The summed E-state index contributed by atoms with van der Waals surface area (Å²) in [5.41, 5.74) is 0. The van der Waals surface area contributed by atoms with Gasteiger partial charge in [0.25, 0.3) is 0 Å². The molecule has 0 heterocycles. The summed E-state index contributed by atoms with van der Waals surface area (Å²) in [6.07, 6.45) is 14.9. The molecule has 0 aliphatic rings. The lowest BCUT2D eigenvalue weighted by Gasteiger charge is -2.06. The molecule has 0 radical (unpaired) electrons. The van der Waals surface area contributed by atoms with E-state index in [9.17, 15) is 0 Å². The van der Waals surface area contributed by atoms with Crippen LogP contribution in [0.15, 0.2) is 0 Å². The van der Waals surface area contributed by atoms with Crippen molar-refractivity contribution in [3.05, 3.63) is 0 Å². The van der Waals surface area contributed by atoms with E-state index in [-0.39, 0.29) is 0 Å². The molecule has 0 atom stereocenters. The Labute approximate surface area is 142 Å². The SMILES string of the molecule is Cl[Si](Cl)(Cl)CCCCCCCCCCCCCI. The van der Waals surface area contributed by atoms with Gasteiger partial charge >= 0.3 is 6.00 Å². The van der Waals surface area contributed by atoms with E-state index in [1.807, 2.05) is 0 Å². The van der Waals surface area contributed by atoms with Crippen molar-refractivity contribution < 1.29 is 0 Å². The monoisotopic (exact) mass is 442 g/mol. The Morgan fingerprint density at radius 3 is 1.22 bits per heavy atom. The zero-order valence-corrected chi connectivity index (χ0v) is 16.6. The third-order valence-electron chi connectivity index (χ3n) is 3.09. The summed E-state index contributed by atoms with van der Waals surface area (Å²) in [7, 11) is 0. The van der Waals surface area contributed by atoms with Gasteiger partial charge in [0.2, 0.25) is 0 Å². The van der Waals surface area contributed by atoms with Gasteiger partial charge < -0.3 is 0 Å². The number of halogens is 4. The Morgan fingerprint density at radius 2 is 0.889 bits per heavy atom. The minimum absolute atomic E-state index is 0.828. The summed E-state index contributed by atoms with van der Waals surface area (Å²) in [5, 5.41) is 0. The number of hydrogen-bond acceptors (Lipinski definition) is 0. The summed E-state index contributed by atoms with van der Waals surface area (Å²) >= 11 is 20.0. The van der Waals surface area contributed by atoms with Crippen LogP contribution in [0.3, 0.4) is 0 Å². The maximum absolute atomic E-state index is 5.84. The molecule has 0 unspecified atom stereocenters. The zero-order chi connectivity index (χ0) is 13.7. The van der Waals surface area contributed by atoms with E-state index in [1.165, 1.54) is 68.6 Å². The second-order valence-corrected chi connectivity index (χ2v) is 15.3. The zero-order valence-electron chi connectivity index (χ0n) is 11.2. The molecule has 0 aliphatic carbocycles. The third kappa shape index (κ3) is 17.8. The van der Waals surface area contributed by atoms with Crippen LogP contribution in [0.4, 0.5) is 0 Å². The molecule has 0 nitrogen and oxygen atoms in total. The fraction of sp³-hybridized carbons (Fsp3) is 1.00. The van der Waals surface area contributed by atoms with Gasteiger partial charge in [-0.25, -0.2) is 0 Å². The molecular formula is C13H26Cl3ISi. The highest BCUT2D eigenvalue weighted by molar-refractivity contribution is 14.1. The van der Waals surface area contributed by atoms with Crippen LogP contribution < -0.4 is 0 Å². The topological polar surface area (TPSA) is 0 Å².